The van der Waals surface area contributed by atoms with Gasteiger partial charge in [-0.25, -0.2) is 4.98 Å². The molecule has 0 saturated carbocycles. The van der Waals surface area contributed by atoms with Crippen molar-refractivity contribution < 1.29 is 10.0 Å². The van der Waals surface area contributed by atoms with Crippen LogP contribution in [0, 0.1) is 0 Å². The van der Waals surface area contributed by atoms with Gasteiger partial charge >= 0.3 is 0 Å². The van der Waals surface area contributed by atoms with E-state index in [4.69, 9.17) is 10.9 Å². The highest BCUT2D eigenvalue weighted by molar-refractivity contribution is 5.98. The van der Waals surface area contributed by atoms with Crippen molar-refractivity contribution in [3.8, 4) is 0 Å². The Morgan fingerprint density at radius 3 is 3.13 bits per heavy atom. The van der Waals surface area contributed by atoms with Gasteiger partial charge in [0.1, 0.15) is 11.7 Å². The second-order valence-corrected chi connectivity index (χ2v) is 2.90. The van der Waals surface area contributed by atoms with Crippen LogP contribution in [0.15, 0.2) is 17.5 Å². The summed E-state index contributed by atoms with van der Waals surface area (Å²) in [5.41, 5.74) is 5.16. The molecule has 7 nitrogen and oxygen atoms in total. The molecule has 0 aliphatic rings. The molecule has 0 aromatic carbocycles. The van der Waals surface area contributed by atoms with Crippen LogP contribution in [0.2, 0.25) is 0 Å². The highest BCUT2D eigenvalue weighted by Crippen LogP contribution is 1.88. The molecule has 1 amide bonds. The number of aromatic amines is 1. The van der Waals surface area contributed by atoms with E-state index in [2.05, 4.69) is 20.4 Å². The maximum atomic E-state index is 11.1. The number of aromatic nitrogens is 2. The van der Waals surface area contributed by atoms with Crippen LogP contribution >= 0.6 is 0 Å². The van der Waals surface area contributed by atoms with Crippen LogP contribution < -0.4 is 11.1 Å². The third-order valence-corrected chi connectivity index (χ3v) is 1.71. The predicted octanol–water partition coefficient (Wildman–Crippen LogP) is -0.795. The first-order chi connectivity index (χ1) is 7.22. The topological polar surface area (TPSA) is 116 Å². The van der Waals surface area contributed by atoms with Crippen LogP contribution in [0.25, 0.3) is 0 Å². The summed E-state index contributed by atoms with van der Waals surface area (Å²) in [6.07, 6.45) is 3.88. The number of carbonyl (C=O) groups is 1. The molecule has 0 unspecified atom stereocenters. The molecular formula is C8H13N5O2. The van der Waals surface area contributed by atoms with Gasteiger partial charge in [0.05, 0.1) is 6.42 Å². The van der Waals surface area contributed by atoms with Crippen molar-refractivity contribution in [3.05, 3.63) is 18.2 Å². The van der Waals surface area contributed by atoms with Crippen LogP contribution in [0.3, 0.4) is 0 Å². The normalized spacial score (nSPS) is 11.3. The maximum Gasteiger partial charge on any atom is 0.227 e. The van der Waals surface area contributed by atoms with Crippen molar-refractivity contribution in [2.24, 2.45) is 10.9 Å². The molecule has 7 heteroatoms. The Labute approximate surface area is 86.4 Å². The lowest BCUT2D eigenvalue weighted by atomic mass is 10.3. The van der Waals surface area contributed by atoms with Gasteiger partial charge in [-0.15, -0.1) is 0 Å². The SMILES string of the molecule is N/C(CC(=O)NCCc1ncc[nH]1)=N/O. The van der Waals surface area contributed by atoms with E-state index >= 15 is 0 Å². The highest BCUT2D eigenvalue weighted by atomic mass is 16.4. The van der Waals surface area contributed by atoms with Crippen molar-refractivity contribution in [2.75, 3.05) is 6.54 Å². The van der Waals surface area contributed by atoms with Crippen molar-refractivity contribution in [1.29, 1.82) is 0 Å². The van der Waals surface area contributed by atoms with E-state index in [1.165, 1.54) is 0 Å². The number of imidazole rings is 1. The smallest absolute Gasteiger partial charge is 0.227 e. The summed E-state index contributed by atoms with van der Waals surface area (Å²) in [6.45, 7) is 0.463. The number of nitrogens with two attached hydrogens (primary N) is 1. The quantitative estimate of drug-likeness (QED) is 0.221. The largest absolute Gasteiger partial charge is 0.409 e. The summed E-state index contributed by atoms with van der Waals surface area (Å²) in [6, 6.07) is 0. The Kier molecular flexibility index (Phi) is 4.14. The minimum Gasteiger partial charge on any atom is -0.409 e. The zero-order valence-corrected chi connectivity index (χ0v) is 8.10. The molecule has 0 aliphatic heterocycles. The highest BCUT2D eigenvalue weighted by Gasteiger charge is 2.04. The number of amidine groups is 1. The number of oxime groups is 1. The standard InChI is InChI=1S/C8H13N5O2/c9-6(13-15)5-8(14)12-2-1-7-10-3-4-11-7/h3-4,15H,1-2,5H2,(H2,9,13)(H,10,11)(H,12,14). The Hall–Kier alpha value is -2.05. The number of nitrogens with zero attached hydrogens (tertiary/aromatic N) is 2. The minimum atomic E-state index is -0.281. The van der Waals surface area contributed by atoms with Gasteiger partial charge in [0, 0.05) is 25.4 Å². The van der Waals surface area contributed by atoms with E-state index in [0.717, 1.165) is 5.82 Å². The van der Waals surface area contributed by atoms with Gasteiger partial charge in [-0.2, -0.15) is 0 Å². The van der Waals surface area contributed by atoms with Crippen molar-refractivity contribution >= 4 is 11.7 Å². The summed E-state index contributed by atoms with van der Waals surface area (Å²) in [5, 5.41) is 13.5. The summed E-state index contributed by atoms with van der Waals surface area (Å²) in [4.78, 5) is 18.0. The van der Waals surface area contributed by atoms with Crippen molar-refractivity contribution in [1.82, 2.24) is 15.3 Å². The molecule has 0 spiro atoms. The number of hydrogen-bond donors (Lipinski definition) is 4. The fourth-order valence-electron chi connectivity index (χ4n) is 1.02. The van der Waals surface area contributed by atoms with Gasteiger partial charge in [-0.1, -0.05) is 5.16 Å². The number of amides is 1. The van der Waals surface area contributed by atoms with Crippen molar-refractivity contribution in [2.45, 2.75) is 12.8 Å². The fourth-order valence-corrected chi connectivity index (χ4v) is 1.02. The zero-order chi connectivity index (χ0) is 11.1. The molecule has 1 heterocycles. The van der Waals surface area contributed by atoms with Crippen LogP contribution in [0.1, 0.15) is 12.2 Å². The van der Waals surface area contributed by atoms with Gasteiger partial charge in [0.25, 0.3) is 0 Å². The Bertz CT molecular complexity index is 333. The average molecular weight is 211 g/mol. The molecule has 0 radical (unpaired) electrons. The van der Waals surface area contributed by atoms with E-state index in [1.54, 1.807) is 12.4 Å². The van der Waals surface area contributed by atoms with E-state index < -0.39 is 0 Å². The molecule has 1 aromatic rings. The summed E-state index contributed by atoms with van der Waals surface area (Å²) < 4.78 is 0. The predicted molar refractivity (Wildman–Crippen MR) is 53.3 cm³/mol. The van der Waals surface area contributed by atoms with Gasteiger partial charge < -0.3 is 21.2 Å². The molecule has 0 fully saturated rings. The number of H-pyrrole nitrogens is 1. The van der Waals surface area contributed by atoms with E-state index in [0.29, 0.717) is 13.0 Å². The number of carbonyl (C=O) groups excluding carboxylic acids is 1. The first kappa shape index (κ1) is 11.0. The monoisotopic (exact) mass is 211 g/mol. The molecule has 15 heavy (non-hydrogen) atoms. The molecule has 0 saturated heterocycles. The fraction of sp³-hybridized carbons (Fsp3) is 0.375. The number of hydrogen-bond acceptors (Lipinski definition) is 4. The lowest BCUT2D eigenvalue weighted by Crippen LogP contribution is -2.30. The van der Waals surface area contributed by atoms with Crippen LogP contribution in [-0.2, 0) is 11.2 Å². The molecular weight excluding hydrogens is 198 g/mol. The van der Waals surface area contributed by atoms with Crippen molar-refractivity contribution in [3.63, 3.8) is 0 Å². The van der Waals surface area contributed by atoms with E-state index in [9.17, 15) is 4.79 Å². The summed E-state index contributed by atoms with van der Waals surface area (Å²) in [5.74, 6) is 0.418. The van der Waals surface area contributed by atoms with Gasteiger partial charge in [0.2, 0.25) is 5.91 Å². The number of nitrogens with one attached hydrogen (secondary N) is 2. The number of rotatable bonds is 5. The molecule has 0 bridgehead atoms. The summed E-state index contributed by atoms with van der Waals surface area (Å²) >= 11 is 0. The molecule has 0 atom stereocenters. The minimum absolute atomic E-state index is 0.103. The van der Waals surface area contributed by atoms with Crippen LogP contribution in [0.5, 0.6) is 0 Å². The zero-order valence-electron chi connectivity index (χ0n) is 8.10. The second-order valence-electron chi connectivity index (χ2n) is 2.90. The Morgan fingerprint density at radius 2 is 2.53 bits per heavy atom. The van der Waals surface area contributed by atoms with Gasteiger partial charge in [0.15, 0.2) is 0 Å². The van der Waals surface area contributed by atoms with Gasteiger partial charge in [-0.3, -0.25) is 4.79 Å². The Balaban J connectivity index is 2.18. The third kappa shape index (κ3) is 4.12. The van der Waals surface area contributed by atoms with Crippen LogP contribution in [0.4, 0.5) is 0 Å². The van der Waals surface area contributed by atoms with E-state index in [-0.39, 0.29) is 18.2 Å². The van der Waals surface area contributed by atoms with Crippen LogP contribution in [-0.4, -0.2) is 33.5 Å². The summed E-state index contributed by atoms with van der Waals surface area (Å²) in [7, 11) is 0. The first-order valence-electron chi connectivity index (χ1n) is 4.43. The maximum absolute atomic E-state index is 11.1. The van der Waals surface area contributed by atoms with Gasteiger partial charge in [-0.05, 0) is 0 Å². The molecule has 1 rings (SSSR count). The first-order valence-corrected chi connectivity index (χ1v) is 4.43. The van der Waals surface area contributed by atoms with E-state index in [1.807, 2.05) is 0 Å². The lowest BCUT2D eigenvalue weighted by molar-refractivity contribution is -0.119. The molecule has 5 N–H and O–H groups in total. The lowest BCUT2D eigenvalue weighted by Gasteiger charge is -2.02. The third-order valence-electron chi connectivity index (χ3n) is 1.71. The average Bonchev–Trinajstić information content (AvgIpc) is 2.70. The molecule has 0 aliphatic carbocycles. The second kappa shape index (κ2) is 5.63. The molecule has 1 aromatic heterocycles. The molecule has 82 valence electrons. The Morgan fingerprint density at radius 1 is 1.73 bits per heavy atom.